The summed E-state index contributed by atoms with van der Waals surface area (Å²) >= 11 is 3.55. The predicted octanol–water partition coefficient (Wildman–Crippen LogP) is 5.40. The second-order valence-corrected chi connectivity index (χ2v) is 11.7. The number of benzene rings is 1. The summed E-state index contributed by atoms with van der Waals surface area (Å²) in [7, 11) is -1.73. The van der Waals surface area contributed by atoms with Crippen molar-refractivity contribution in [2.45, 2.75) is 52.2 Å². The molecule has 1 nitrogen and oxygen atoms in total. The van der Waals surface area contributed by atoms with Crippen molar-refractivity contribution in [3.05, 3.63) is 28.2 Å². The van der Waals surface area contributed by atoms with Crippen LogP contribution in [0.3, 0.4) is 0 Å². The number of hydrogen-bond donors (Lipinski definition) is 0. The molecule has 0 saturated heterocycles. The van der Waals surface area contributed by atoms with E-state index in [1.807, 2.05) is 0 Å². The monoisotopic (exact) mass is 314 g/mol. The molecule has 3 heteroatoms. The lowest BCUT2D eigenvalue weighted by molar-refractivity contribution is 0.491. The van der Waals surface area contributed by atoms with Gasteiger partial charge in [-0.25, -0.2) is 0 Å². The van der Waals surface area contributed by atoms with E-state index < -0.39 is 8.32 Å². The largest absolute Gasteiger partial charge is 0.543 e. The SMILES string of the molecule is CCc1cc(Br)cc(O[Si](C)(C)C(C)(C)C)c1. The van der Waals surface area contributed by atoms with Gasteiger partial charge in [0, 0.05) is 4.47 Å². The fourth-order valence-corrected chi connectivity index (χ4v) is 2.86. The number of hydrogen-bond acceptors (Lipinski definition) is 1. The molecule has 0 radical (unpaired) electrons. The smallest absolute Gasteiger partial charge is 0.250 e. The predicted molar refractivity (Wildman–Crippen MR) is 81.3 cm³/mol. The molecule has 0 atom stereocenters. The minimum absolute atomic E-state index is 0.238. The van der Waals surface area contributed by atoms with Crippen molar-refractivity contribution in [1.82, 2.24) is 0 Å². The van der Waals surface area contributed by atoms with Gasteiger partial charge in [0.15, 0.2) is 0 Å². The van der Waals surface area contributed by atoms with Gasteiger partial charge >= 0.3 is 0 Å². The maximum Gasteiger partial charge on any atom is 0.250 e. The topological polar surface area (TPSA) is 9.23 Å². The highest BCUT2D eigenvalue weighted by Crippen LogP contribution is 2.38. The standard InChI is InChI=1S/C14H23BrOSi/c1-7-11-8-12(15)10-13(9-11)16-17(5,6)14(2,3)4/h8-10H,7H2,1-6H3. The molecule has 0 heterocycles. The third kappa shape index (κ3) is 3.85. The van der Waals surface area contributed by atoms with Crippen LogP contribution in [0.4, 0.5) is 0 Å². The zero-order chi connectivity index (χ0) is 13.3. The van der Waals surface area contributed by atoms with E-state index in [0.717, 1.165) is 16.6 Å². The molecule has 0 aromatic heterocycles. The first-order valence-electron chi connectivity index (χ1n) is 6.14. The van der Waals surface area contributed by atoms with E-state index in [4.69, 9.17) is 4.43 Å². The first-order valence-corrected chi connectivity index (χ1v) is 9.84. The molecule has 0 amide bonds. The van der Waals surface area contributed by atoms with Crippen molar-refractivity contribution in [2.24, 2.45) is 0 Å². The Bertz CT molecular complexity index is 394. The van der Waals surface area contributed by atoms with Gasteiger partial charge in [-0.1, -0.05) is 43.6 Å². The third-order valence-corrected chi connectivity index (χ3v) is 8.33. The molecule has 17 heavy (non-hydrogen) atoms. The Morgan fingerprint density at radius 3 is 2.24 bits per heavy atom. The average molecular weight is 315 g/mol. The van der Waals surface area contributed by atoms with Crippen LogP contribution in [0.15, 0.2) is 22.7 Å². The minimum atomic E-state index is -1.73. The van der Waals surface area contributed by atoms with E-state index in [0.29, 0.717) is 0 Å². The summed E-state index contributed by atoms with van der Waals surface area (Å²) in [6, 6.07) is 6.38. The molecule has 1 aromatic rings. The molecule has 1 rings (SSSR count). The molecule has 0 aliphatic rings. The van der Waals surface area contributed by atoms with Gasteiger partial charge in [-0.3, -0.25) is 0 Å². The molecule has 0 N–H and O–H groups in total. The lowest BCUT2D eigenvalue weighted by Crippen LogP contribution is -2.43. The van der Waals surface area contributed by atoms with Gasteiger partial charge in [-0.15, -0.1) is 0 Å². The van der Waals surface area contributed by atoms with Crippen molar-refractivity contribution in [3.8, 4) is 5.75 Å². The van der Waals surface area contributed by atoms with Gasteiger partial charge in [0.25, 0.3) is 0 Å². The molecule has 0 spiro atoms. The Labute approximate surface area is 115 Å². The van der Waals surface area contributed by atoms with Crippen LogP contribution in [0.5, 0.6) is 5.75 Å². The summed E-state index contributed by atoms with van der Waals surface area (Å²) in [5.41, 5.74) is 1.31. The molecule has 0 bridgehead atoms. The zero-order valence-electron chi connectivity index (χ0n) is 11.7. The maximum atomic E-state index is 6.30. The fraction of sp³-hybridized carbons (Fsp3) is 0.571. The quantitative estimate of drug-likeness (QED) is 0.679. The molecular formula is C14H23BrOSi. The van der Waals surface area contributed by atoms with Gasteiger partial charge in [0.2, 0.25) is 8.32 Å². The van der Waals surface area contributed by atoms with E-state index in [9.17, 15) is 0 Å². The summed E-state index contributed by atoms with van der Waals surface area (Å²) in [5, 5.41) is 0.238. The summed E-state index contributed by atoms with van der Waals surface area (Å²) in [4.78, 5) is 0. The van der Waals surface area contributed by atoms with Crippen LogP contribution in [0.1, 0.15) is 33.3 Å². The van der Waals surface area contributed by atoms with Gasteiger partial charge in [-0.05, 0) is 48.3 Å². The molecule has 1 aromatic carbocycles. The first-order chi connectivity index (χ1) is 7.65. The van der Waals surface area contributed by atoms with Crippen LogP contribution >= 0.6 is 15.9 Å². The van der Waals surface area contributed by atoms with Crippen molar-refractivity contribution >= 4 is 24.2 Å². The average Bonchev–Trinajstić information content (AvgIpc) is 2.14. The minimum Gasteiger partial charge on any atom is -0.543 e. The highest BCUT2D eigenvalue weighted by Gasteiger charge is 2.38. The van der Waals surface area contributed by atoms with Gasteiger partial charge in [0.1, 0.15) is 5.75 Å². The summed E-state index contributed by atoms with van der Waals surface area (Å²) in [5.74, 6) is 1.00. The van der Waals surface area contributed by atoms with Gasteiger partial charge in [-0.2, -0.15) is 0 Å². The van der Waals surface area contributed by atoms with Gasteiger partial charge < -0.3 is 4.43 Å². The van der Waals surface area contributed by atoms with Crippen LogP contribution < -0.4 is 4.43 Å². The Kier molecular flexibility index (Phi) is 4.47. The van der Waals surface area contributed by atoms with Crippen LogP contribution in [0, 0.1) is 0 Å². The van der Waals surface area contributed by atoms with E-state index in [2.05, 4.69) is 74.9 Å². The Hall–Kier alpha value is -0.283. The molecule has 0 fully saturated rings. The highest BCUT2D eigenvalue weighted by atomic mass is 79.9. The molecular weight excluding hydrogens is 292 g/mol. The normalized spacial score (nSPS) is 12.6. The number of halogens is 1. The van der Waals surface area contributed by atoms with Crippen molar-refractivity contribution in [3.63, 3.8) is 0 Å². The zero-order valence-corrected chi connectivity index (χ0v) is 14.3. The van der Waals surface area contributed by atoms with Gasteiger partial charge in [0.05, 0.1) is 0 Å². The summed E-state index contributed by atoms with van der Waals surface area (Å²) in [6.07, 6.45) is 1.04. The van der Waals surface area contributed by atoms with E-state index in [-0.39, 0.29) is 5.04 Å². The van der Waals surface area contributed by atoms with Crippen LogP contribution in [0.25, 0.3) is 0 Å². The summed E-state index contributed by atoms with van der Waals surface area (Å²) in [6.45, 7) is 13.5. The summed E-state index contributed by atoms with van der Waals surface area (Å²) < 4.78 is 7.40. The molecule has 0 unspecified atom stereocenters. The lowest BCUT2D eigenvalue weighted by Gasteiger charge is -2.36. The Morgan fingerprint density at radius 2 is 1.76 bits per heavy atom. The van der Waals surface area contributed by atoms with Crippen molar-refractivity contribution in [1.29, 1.82) is 0 Å². The molecule has 0 aliphatic carbocycles. The van der Waals surface area contributed by atoms with Crippen molar-refractivity contribution in [2.75, 3.05) is 0 Å². The van der Waals surface area contributed by atoms with E-state index in [1.165, 1.54) is 5.56 Å². The maximum absolute atomic E-state index is 6.30. The number of rotatable bonds is 3. The molecule has 96 valence electrons. The van der Waals surface area contributed by atoms with E-state index >= 15 is 0 Å². The third-order valence-electron chi connectivity index (χ3n) is 3.52. The second-order valence-electron chi connectivity index (χ2n) is 6.01. The Balaban J connectivity index is 2.99. The lowest BCUT2D eigenvalue weighted by atomic mass is 10.2. The van der Waals surface area contributed by atoms with Crippen molar-refractivity contribution < 1.29 is 4.43 Å². The van der Waals surface area contributed by atoms with Crippen LogP contribution in [-0.2, 0) is 6.42 Å². The first kappa shape index (κ1) is 14.8. The molecule has 0 saturated carbocycles. The Morgan fingerprint density at radius 1 is 1.18 bits per heavy atom. The molecule has 0 aliphatic heterocycles. The second kappa shape index (κ2) is 5.15. The fourth-order valence-electron chi connectivity index (χ4n) is 1.33. The van der Waals surface area contributed by atoms with Crippen LogP contribution in [0.2, 0.25) is 18.1 Å². The highest BCUT2D eigenvalue weighted by molar-refractivity contribution is 9.10. The van der Waals surface area contributed by atoms with E-state index in [1.54, 1.807) is 0 Å². The van der Waals surface area contributed by atoms with Crippen LogP contribution in [-0.4, -0.2) is 8.32 Å². The number of aryl methyl sites for hydroxylation is 1.